The Balaban J connectivity index is 2.67. The SMILES string of the molecule is COC(=O)C#Cc1c(C#N)nn(-c2c(Cl)cc(C(F)(F)F)cc2Cl)c1N. The number of nitriles is 1. The van der Waals surface area contributed by atoms with E-state index in [4.69, 9.17) is 34.2 Å². The Bertz CT molecular complexity index is 974. The van der Waals surface area contributed by atoms with Crippen molar-refractivity contribution in [2.75, 3.05) is 12.8 Å². The number of rotatable bonds is 1. The fraction of sp³-hybridized carbons (Fsp3) is 0.133. The molecular weight excluding hydrogens is 396 g/mol. The zero-order valence-electron chi connectivity index (χ0n) is 12.8. The first-order valence-corrected chi connectivity index (χ1v) is 7.31. The molecule has 26 heavy (non-hydrogen) atoms. The number of ether oxygens (including phenoxy) is 1. The van der Waals surface area contributed by atoms with Gasteiger partial charge in [0.25, 0.3) is 0 Å². The largest absolute Gasteiger partial charge is 0.459 e. The Labute approximate surface area is 154 Å². The molecule has 1 heterocycles. The number of hydrogen-bond donors (Lipinski definition) is 1. The van der Waals surface area contributed by atoms with E-state index in [9.17, 15) is 18.0 Å². The predicted octanol–water partition coefficient (Wildman–Crippen LogP) is 3.18. The van der Waals surface area contributed by atoms with Crippen molar-refractivity contribution in [3.8, 4) is 23.6 Å². The first-order chi connectivity index (χ1) is 12.1. The second-order valence-electron chi connectivity index (χ2n) is 4.66. The van der Waals surface area contributed by atoms with Gasteiger partial charge in [0, 0.05) is 5.92 Å². The van der Waals surface area contributed by atoms with Gasteiger partial charge in [-0.1, -0.05) is 23.2 Å². The van der Waals surface area contributed by atoms with Gasteiger partial charge in [-0.3, -0.25) is 0 Å². The molecular formula is C15H7Cl2F3N4O2. The maximum Gasteiger partial charge on any atom is 0.416 e. The van der Waals surface area contributed by atoms with Crippen LogP contribution in [0.5, 0.6) is 0 Å². The van der Waals surface area contributed by atoms with Gasteiger partial charge in [0.15, 0.2) is 5.69 Å². The van der Waals surface area contributed by atoms with E-state index < -0.39 is 27.8 Å². The zero-order chi connectivity index (χ0) is 19.6. The van der Waals surface area contributed by atoms with Gasteiger partial charge in [-0.2, -0.15) is 23.5 Å². The first kappa shape index (κ1) is 19.4. The molecule has 0 atom stereocenters. The number of anilines is 1. The summed E-state index contributed by atoms with van der Waals surface area (Å²) in [5, 5.41) is 12.2. The van der Waals surface area contributed by atoms with Gasteiger partial charge >= 0.3 is 12.1 Å². The molecule has 0 saturated heterocycles. The second-order valence-corrected chi connectivity index (χ2v) is 5.47. The molecule has 0 bridgehead atoms. The molecule has 0 aliphatic heterocycles. The number of alkyl halides is 3. The molecule has 11 heteroatoms. The number of aromatic nitrogens is 2. The second kappa shape index (κ2) is 7.16. The average Bonchev–Trinajstić information content (AvgIpc) is 2.87. The lowest BCUT2D eigenvalue weighted by molar-refractivity contribution is -0.137. The number of carbonyl (C=O) groups is 1. The molecule has 2 N–H and O–H groups in total. The highest BCUT2D eigenvalue weighted by molar-refractivity contribution is 6.38. The average molecular weight is 403 g/mol. The maximum atomic E-state index is 12.8. The van der Waals surface area contributed by atoms with Crippen molar-refractivity contribution >= 4 is 35.0 Å². The Kier molecular flexibility index (Phi) is 5.36. The molecule has 0 saturated carbocycles. The molecule has 0 unspecified atom stereocenters. The van der Waals surface area contributed by atoms with E-state index in [1.165, 1.54) is 0 Å². The fourth-order valence-electron chi connectivity index (χ4n) is 1.90. The predicted molar refractivity (Wildman–Crippen MR) is 86.6 cm³/mol. The molecule has 0 amide bonds. The number of hydrogen-bond acceptors (Lipinski definition) is 5. The van der Waals surface area contributed by atoms with Crippen molar-refractivity contribution in [2.45, 2.75) is 6.18 Å². The van der Waals surface area contributed by atoms with Gasteiger partial charge in [0.1, 0.15) is 23.1 Å². The van der Waals surface area contributed by atoms with Crippen LogP contribution in [0.15, 0.2) is 12.1 Å². The van der Waals surface area contributed by atoms with Crippen LogP contribution >= 0.6 is 23.2 Å². The molecule has 0 radical (unpaired) electrons. The van der Waals surface area contributed by atoms with Crippen molar-refractivity contribution in [1.29, 1.82) is 5.26 Å². The van der Waals surface area contributed by atoms with E-state index in [0.29, 0.717) is 12.1 Å². The van der Waals surface area contributed by atoms with Crippen LogP contribution < -0.4 is 5.73 Å². The number of halogens is 5. The Hall–Kier alpha value is -2.88. The van der Waals surface area contributed by atoms with E-state index in [1.54, 1.807) is 6.07 Å². The molecule has 134 valence electrons. The quantitative estimate of drug-likeness (QED) is 0.583. The smallest absolute Gasteiger partial charge is 0.416 e. The first-order valence-electron chi connectivity index (χ1n) is 6.55. The highest BCUT2D eigenvalue weighted by Crippen LogP contribution is 2.38. The number of esters is 1. The fourth-order valence-corrected chi connectivity index (χ4v) is 2.55. The Morgan fingerprint density at radius 1 is 1.35 bits per heavy atom. The van der Waals surface area contributed by atoms with Crippen molar-refractivity contribution in [3.05, 3.63) is 39.0 Å². The summed E-state index contributed by atoms with van der Waals surface area (Å²) < 4.78 is 43.7. The summed E-state index contributed by atoms with van der Waals surface area (Å²) in [7, 11) is 1.11. The lowest BCUT2D eigenvalue weighted by Gasteiger charge is -2.13. The van der Waals surface area contributed by atoms with E-state index >= 15 is 0 Å². The highest BCUT2D eigenvalue weighted by atomic mass is 35.5. The number of benzene rings is 1. The molecule has 0 aliphatic rings. The van der Waals surface area contributed by atoms with Crippen LogP contribution in [0.2, 0.25) is 10.0 Å². The third-order valence-corrected chi connectivity index (χ3v) is 3.63. The topological polar surface area (TPSA) is 93.9 Å². The Morgan fingerprint density at radius 2 is 1.92 bits per heavy atom. The zero-order valence-corrected chi connectivity index (χ0v) is 14.3. The summed E-state index contributed by atoms with van der Waals surface area (Å²) in [6, 6.07) is 3.01. The van der Waals surface area contributed by atoms with Crippen LogP contribution in [-0.2, 0) is 15.7 Å². The van der Waals surface area contributed by atoms with Crippen LogP contribution in [0.1, 0.15) is 16.8 Å². The van der Waals surface area contributed by atoms with Crippen LogP contribution in [0.25, 0.3) is 5.69 Å². The molecule has 2 rings (SSSR count). The van der Waals surface area contributed by atoms with Crippen molar-refractivity contribution in [2.24, 2.45) is 0 Å². The van der Waals surface area contributed by atoms with Crippen LogP contribution in [-0.4, -0.2) is 22.9 Å². The van der Waals surface area contributed by atoms with E-state index in [0.717, 1.165) is 11.8 Å². The molecule has 0 fully saturated rings. The van der Waals surface area contributed by atoms with Gasteiger partial charge in [0.2, 0.25) is 0 Å². The van der Waals surface area contributed by atoms with Crippen LogP contribution in [0.4, 0.5) is 19.0 Å². The van der Waals surface area contributed by atoms with Crippen molar-refractivity contribution in [1.82, 2.24) is 9.78 Å². The summed E-state index contributed by atoms with van der Waals surface area (Å²) in [4.78, 5) is 11.1. The van der Waals surface area contributed by atoms with E-state index in [2.05, 4.69) is 21.7 Å². The summed E-state index contributed by atoms with van der Waals surface area (Å²) in [5.41, 5.74) is 4.24. The molecule has 1 aromatic carbocycles. The summed E-state index contributed by atoms with van der Waals surface area (Å²) in [6.45, 7) is 0. The van der Waals surface area contributed by atoms with Gasteiger partial charge in [-0.25, -0.2) is 9.48 Å². The molecule has 6 nitrogen and oxygen atoms in total. The number of nitrogens with zero attached hydrogens (tertiary/aromatic N) is 3. The Morgan fingerprint density at radius 3 is 2.38 bits per heavy atom. The lowest BCUT2D eigenvalue weighted by atomic mass is 10.2. The van der Waals surface area contributed by atoms with E-state index in [1.807, 2.05) is 0 Å². The highest BCUT2D eigenvalue weighted by Gasteiger charge is 2.32. The minimum absolute atomic E-state index is 0.120. The van der Waals surface area contributed by atoms with Gasteiger partial charge in [-0.15, -0.1) is 0 Å². The number of carbonyl (C=O) groups excluding carboxylic acids is 1. The summed E-state index contributed by atoms with van der Waals surface area (Å²) in [5.74, 6) is 3.29. The summed E-state index contributed by atoms with van der Waals surface area (Å²) >= 11 is 11.8. The third kappa shape index (κ3) is 3.69. The summed E-state index contributed by atoms with van der Waals surface area (Å²) in [6.07, 6.45) is -4.66. The van der Waals surface area contributed by atoms with Crippen LogP contribution in [0, 0.1) is 23.2 Å². The molecule has 2 aromatic rings. The number of methoxy groups -OCH3 is 1. The number of nitrogens with two attached hydrogens (primary N) is 1. The molecule has 0 aliphatic carbocycles. The monoisotopic (exact) mass is 402 g/mol. The molecule has 0 spiro atoms. The third-order valence-electron chi connectivity index (χ3n) is 3.06. The van der Waals surface area contributed by atoms with Gasteiger partial charge in [0.05, 0.1) is 22.7 Å². The maximum absolute atomic E-state index is 12.8. The normalized spacial score (nSPS) is 10.7. The van der Waals surface area contributed by atoms with Crippen molar-refractivity contribution < 1.29 is 22.7 Å². The molecule has 1 aromatic heterocycles. The lowest BCUT2D eigenvalue weighted by Crippen LogP contribution is -2.08. The number of nitrogen functional groups attached to an aromatic ring is 1. The minimum atomic E-state index is -4.66. The van der Waals surface area contributed by atoms with E-state index in [-0.39, 0.29) is 22.8 Å². The van der Waals surface area contributed by atoms with Gasteiger partial charge < -0.3 is 10.5 Å². The van der Waals surface area contributed by atoms with Gasteiger partial charge in [-0.05, 0) is 18.1 Å². The van der Waals surface area contributed by atoms with Crippen LogP contribution in [0.3, 0.4) is 0 Å². The van der Waals surface area contributed by atoms with Crippen molar-refractivity contribution in [3.63, 3.8) is 0 Å². The standard InChI is InChI=1S/C15H7Cl2F3N4O2/c1-26-12(25)3-2-8-11(6-21)23-24(14(8)22)13-9(16)4-7(5-10(13)17)15(18,19)20/h4-5H,22H2,1H3. The minimum Gasteiger partial charge on any atom is -0.459 e.